The van der Waals surface area contributed by atoms with Crippen molar-refractivity contribution in [3.63, 3.8) is 0 Å². The van der Waals surface area contributed by atoms with Crippen LogP contribution in [0.4, 0.5) is 0 Å². The highest BCUT2D eigenvalue weighted by molar-refractivity contribution is 5.92. The maximum absolute atomic E-state index is 12.4. The largest absolute Gasteiger partial charge is 0.485 e. The Labute approximate surface area is 151 Å². The molecule has 2 aromatic rings. The average molecular weight is 356 g/mol. The van der Waals surface area contributed by atoms with E-state index in [1.165, 1.54) is 0 Å². The van der Waals surface area contributed by atoms with Gasteiger partial charge in [0.2, 0.25) is 6.10 Å². The molecule has 0 radical (unpaired) electrons. The van der Waals surface area contributed by atoms with E-state index >= 15 is 0 Å². The molecule has 0 saturated carbocycles. The van der Waals surface area contributed by atoms with Crippen molar-refractivity contribution in [3.8, 4) is 11.5 Å². The van der Waals surface area contributed by atoms with Crippen molar-refractivity contribution >= 4 is 11.9 Å². The number of rotatable bonds is 5. The van der Waals surface area contributed by atoms with E-state index in [0.29, 0.717) is 22.6 Å². The SMILES string of the molecule is CCOC(=O)[C@@H]1COc2c(ccc(C(=O)OCc3ccccc3)c2C)O1. The van der Waals surface area contributed by atoms with Crippen molar-refractivity contribution < 1.29 is 28.5 Å². The summed E-state index contributed by atoms with van der Waals surface area (Å²) in [6, 6.07) is 12.7. The van der Waals surface area contributed by atoms with Gasteiger partial charge in [-0.1, -0.05) is 30.3 Å². The molecule has 0 saturated heterocycles. The Morgan fingerprint density at radius 2 is 1.88 bits per heavy atom. The zero-order valence-electron chi connectivity index (χ0n) is 14.7. The van der Waals surface area contributed by atoms with Crippen LogP contribution in [-0.4, -0.2) is 31.3 Å². The lowest BCUT2D eigenvalue weighted by Gasteiger charge is -2.26. The van der Waals surface area contributed by atoms with Gasteiger partial charge in [0.15, 0.2) is 11.5 Å². The van der Waals surface area contributed by atoms with E-state index in [1.807, 2.05) is 30.3 Å². The number of ether oxygens (including phenoxy) is 4. The van der Waals surface area contributed by atoms with Gasteiger partial charge in [0.1, 0.15) is 13.2 Å². The number of hydrogen-bond acceptors (Lipinski definition) is 6. The van der Waals surface area contributed by atoms with Crippen molar-refractivity contribution in [2.45, 2.75) is 26.6 Å². The Morgan fingerprint density at radius 1 is 1.12 bits per heavy atom. The first-order valence-corrected chi connectivity index (χ1v) is 8.41. The fourth-order valence-corrected chi connectivity index (χ4v) is 2.66. The van der Waals surface area contributed by atoms with Gasteiger partial charge in [0.05, 0.1) is 12.2 Å². The molecule has 0 spiro atoms. The van der Waals surface area contributed by atoms with Crippen LogP contribution in [0.15, 0.2) is 42.5 Å². The first-order chi connectivity index (χ1) is 12.6. The number of benzene rings is 2. The normalized spacial score (nSPS) is 15.2. The zero-order chi connectivity index (χ0) is 18.5. The van der Waals surface area contributed by atoms with Crippen molar-refractivity contribution in [1.82, 2.24) is 0 Å². The number of esters is 2. The molecular weight excluding hydrogens is 336 g/mol. The van der Waals surface area contributed by atoms with Crippen LogP contribution in [0.5, 0.6) is 11.5 Å². The maximum Gasteiger partial charge on any atom is 0.350 e. The molecule has 6 heteroatoms. The summed E-state index contributed by atoms with van der Waals surface area (Å²) >= 11 is 0. The summed E-state index contributed by atoms with van der Waals surface area (Å²) < 4.78 is 21.6. The Balaban J connectivity index is 1.71. The molecule has 1 heterocycles. The molecule has 2 aromatic carbocycles. The average Bonchev–Trinajstić information content (AvgIpc) is 2.67. The van der Waals surface area contributed by atoms with Crippen LogP contribution in [0.25, 0.3) is 0 Å². The van der Waals surface area contributed by atoms with Gasteiger partial charge in [-0.2, -0.15) is 0 Å². The van der Waals surface area contributed by atoms with E-state index < -0.39 is 18.0 Å². The molecule has 1 aliphatic heterocycles. The molecule has 0 amide bonds. The number of carbonyl (C=O) groups is 2. The number of fused-ring (bicyclic) bond motifs is 1. The van der Waals surface area contributed by atoms with E-state index in [-0.39, 0.29) is 19.8 Å². The standard InChI is InChI=1S/C20H20O6/c1-3-23-20(22)17-12-24-18-13(2)15(9-10-16(18)26-17)19(21)25-11-14-7-5-4-6-8-14/h4-10,17H,3,11-12H2,1-2H3/t17-/m0/s1. The van der Waals surface area contributed by atoms with E-state index in [4.69, 9.17) is 18.9 Å². The predicted octanol–water partition coefficient (Wildman–Crippen LogP) is 3.05. The second-order valence-corrected chi connectivity index (χ2v) is 5.80. The van der Waals surface area contributed by atoms with Gasteiger partial charge in [0, 0.05) is 5.56 Å². The van der Waals surface area contributed by atoms with Crippen LogP contribution in [0.2, 0.25) is 0 Å². The van der Waals surface area contributed by atoms with Gasteiger partial charge >= 0.3 is 11.9 Å². The lowest BCUT2D eigenvalue weighted by atomic mass is 10.1. The van der Waals surface area contributed by atoms with Gasteiger partial charge in [-0.25, -0.2) is 9.59 Å². The molecule has 0 aliphatic carbocycles. The van der Waals surface area contributed by atoms with Crippen molar-refractivity contribution in [2.24, 2.45) is 0 Å². The minimum absolute atomic E-state index is 0.0369. The Bertz CT molecular complexity index is 799. The second-order valence-electron chi connectivity index (χ2n) is 5.80. The van der Waals surface area contributed by atoms with E-state index in [9.17, 15) is 9.59 Å². The van der Waals surface area contributed by atoms with Gasteiger partial charge in [-0.05, 0) is 31.5 Å². The third-order valence-electron chi connectivity index (χ3n) is 4.00. The molecule has 0 fully saturated rings. The van der Waals surface area contributed by atoms with E-state index in [1.54, 1.807) is 26.0 Å². The second kappa shape index (κ2) is 7.91. The van der Waals surface area contributed by atoms with Gasteiger partial charge in [0.25, 0.3) is 0 Å². The summed E-state index contributed by atoms with van der Waals surface area (Å²) in [5, 5.41) is 0. The third kappa shape index (κ3) is 3.79. The predicted molar refractivity (Wildman–Crippen MR) is 93.3 cm³/mol. The van der Waals surface area contributed by atoms with E-state index in [2.05, 4.69) is 0 Å². The molecule has 0 N–H and O–H groups in total. The Morgan fingerprint density at radius 3 is 2.62 bits per heavy atom. The highest BCUT2D eigenvalue weighted by Crippen LogP contribution is 2.37. The molecule has 1 atom stereocenters. The summed E-state index contributed by atoms with van der Waals surface area (Å²) in [4.78, 5) is 24.2. The molecule has 0 aromatic heterocycles. The van der Waals surface area contributed by atoms with Crippen molar-refractivity contribution in [3.05, 3.63) is 59.2 Å². The van der Waals surface area contributed by atoms with Crippen LogP contribution >= 0.6 is 0 Å². The first kappa shape index (κ1) is 17.8. The summed E-state index contributed by atoms with van der Waals surface area (Å²) in [6.07, 6.45) is -0.808. The molecule has 136 valence electrons. The monoisotopic (exact) mass is 356 g/mol. The maximum atomic E-state index is 12.4. The van der Waals surface area contributed by atoms with Crippen LogP contribution in [0.1, 0.15) is 28.4 Å². The molecule has 3 rings (SSSR count). The molecule has 1 aliphatic rings. The molecule has 0 unspecified atom stereocenters. The lowest BCUT2D eigenvalue weighted by Crippen LogP contribution is -2.38. The highest BCUT2D eigenvalue weighted by atomic mass is 16.6. The van der Waals surface area contributed by atoms with Gasteiger partial charge < -0.3 is 18.9 Å². The molecule has 26 heavy (non-hydrogen) atoms. The third-order valence-corrected chi connectivity index (χ3v) is 4.00. The summed E-state index contributed by atoms with van der Waals surface area (Å²) in [6.45, 7) is 3.99. The summed E-state index contributed by atoms with van der Waals surface area (Å²) in [7, 11) is 0. The minimum atomic E-state index is -0.808. The Kier molecular flexibility index (Phi) is 5.41. The van der Waals surface area contributed by atoms with Crippen LogP contribution < -0.4 is 9.47 Å². The Hall–Kier alpha value is -3.02. The molecule has 6 nitrogen and oxygen atoms in total. The minimum Gasteiger partial charge on any atom is -0.485 e. The summed E-state index contributed by atoms with van der Waals surface area (Å²) in [5.74, 6) is -0.0569. The van der Waals surface area contributed by atoms with E-state index in [0.717, 1.165) is 5.56 Å². The molecule has 0 bridgehead atoms. The van der Waals surface area contributed by atoms with Crippen molar-refractivity contribution in [1.29, 1.82) is 0 Å². The number of hydrogen-bond donors (Lipinski definition) is 0. The fourth-order valence-electron chi connectivity index (χ4n) is 2.66. The number of carbonyl (C=O) groups excluding carboxylic acids is 2. The van der Waals surface area contributed by atoms with Crippen LogP contribution in [-0.2, 0) is 20.9 Å². The topological polar surface area (TPSA) is 71.1 Å². The van der Waals surface area contributed by atoms with Crippen LogP contribution in [0.3, 0.4) is 0 Å². The molecular formula is C20H20O6. The quantitative estimate of drug-likeness (QED) is 0.767. The van der Waals surface area contributed by atoms with Crippen molar-refractivity contribution in [2.75, 3.05) is 13.2 Å². The van der Waals surface area contributed by atoms with Gasteiger partial charge in [-0.3, -0.25) is 0 Å². The fraction of sp³-hybridized carbons (Fsp3) is 0.300. The zero-order valence-corrected chi connectivity index (χ0v) is 14.7. The lowest BCUT2D eigenvalue weighted by molar-refractivity contribution is -0.153. The van der Waals surface area contributed by atoms with Crippen LogP contribution in [0, 0.1) is 6.92 Å². The highest BCUT2D eigenvalue weighted by Gasteiger charge is 2.31. The summed E-state index contributed by atoms with van der Waals surface area (Å²) in [5.41, 5.74) is 1.93. The smallest absolute Gasteiger partial charge is 0.350 e. The first-order valence-electron chi connectivity index (χ1n) is 8.41. The van der Waals surface area contributed by atoms with Gasteiger partial charge in [-0.15, -0.1) is 0 Å².